The van der Waals surface area contributed by atoms with Gasteiger partial charge in [0.1, 0.15) is 6.61 Å². The van der Waals surface area contributed by atoms with Crippen molar-refractivity contribution in [3.63, 3.8) is 0 Å². The number of nitrogens with one attached hydrogen (secondary N) is 1. The molecule has 1 amide bonds. The molecule has 0 aliphatic heterocycles. The Balaban J connectivity index is 1.84. The van der Waals surface area contributed by atoms with Crippen molar-refractivity contribution in [2.75, 3.05) is 32.2 Å². The fraction of sp³-hybridized carbons (Fsp3) is 0.333. The minimum Gasteiger partial charge on any atom is -0.382 e. The van der Waals surface area contributed by atoms with Gasteiger partial charge < -0.3 is 9.47 Å². The van der Waals surface area contributed by atoms with Crippen LogP contribution in [0.4, 0.5) is 5.13 Å². The molecule has 0 spiro atoms. The zero-order valence-corrected chi connectivity index (χ0v) is 13.7. The Morgan fingerprint density at radius 1 is 1.36 bits per heavy atom. The first-order valence-corrected chi connectivity index (χ1v) is 7.93. The molecule has 5 nitrogen and oxygen atoms in total. The molecule has 0 bridgehead atoms. The maximum absolute atomic E-state index is 11.7. The normalized spacial score (nSPS) is 10.6. The minimum absolute atomic E-state index is 0.0111. The van der Waals surface area contributed by atoms with Gasteiger partial charge in [0.25, 0.3) is 5.91 Å². The van der Waals surface area contributed by atoms with E-state index in [0.29, 0.717) is 24.8 Å². The van der Waals surface area contributed by atoms with E-state index in [2.05, 4.69) is 10.3 Å². The first kappa shape index (κ1) is 16.9. The molecule has 0 saturated heterocycles. The maximum atomic E-state index is 11.7. The molecular weight excluding hydrogens is 324 g/mol. The monoisotopic (exact) mass is 340 g/mol. The van der Waals surface area contributed by atoms with E-state index in [0.717, 1.165) is 15.5 Å². The van der Waals surface area contributed by atoms with Gasteiger partial charge in [0.05, 0.1) is 13.2 Å². The van der Waals surface area contributed by atoms with Crippen molar-refractivity contribution in [3.05, 3.63) is 45.9 Å². The van der Waals surface area contributed by atoms with Gasteiger partial charge in [-0.05, 0) is 11.6 Å². The molecule has 0 aliphatic carbocycles. The van der Waals surface area contributed by atoms with E-state index in [1.165, 1.54) is 11.3 Å². The van der Waals surface area contributed by atoms with Crippen LogP contribution in [0.2, 0.25) is 5.02 Å². The summed E-state index contributed by atoms with van der Waals surface area (Å²) in [6, 6.07) is 7.68. The number of nitrogens with zero attached hydrogens (tertiary/aromatic N) is 1. The molecule has 0 saturated carbocycles. The number of carbonyl (C=O) groups excluding carboxylic acids is 1. The summed E-state index contributed by atoms with van der Waals surface area (Å²) in [6.07, 6.45) is 2.44. The molecule has 0 unspecified atom stereocenters. The summed E-state index contributed by atoms with van der Waals surface area (Å²) in [7, 11) is 1.58. The smallest absolute Gasteiger partial charge is 0.252 e. The number of carbonyl (C=O) groups is 1. The van der Waals surface area contributed by atoms with E-state index in [1.807, 2.05) is 24.3 Å². The quantitative estimate of drug-likeness (QED) is 0.750. The Morgan fingerprint density at radius 2 is 2.18 bits per heavy atom. The lowest BCUT2D eigenvalue weighted by Gasteiger charge is -2.03. The fourth-order valence-corrected chi connectivity index (χ4v) is 2.79. The highest BCUT2D eigenvalue weighted by Gasteiger charge is 2.08. The second-order valence-corrected chi connectivity index (χ2v) is 6.02. The van der Waals surface area contributed by atoms with Crippen molar-refractivity contribution >= 4 is 34.0 Å². The Hall–Kier alpha value is -1.47. The van der Waals surface area contributed by atoms with Crippen LogP contribution in [0.15, 0.2) is 30.5 Å². The lowest BCUT2D eigenvalue weighted by Crippen LogP contribution is -2.19. The second kappa shape index (κ2) is 8.85. The van der Waals surface area contributed by atoms with Crippen LogP contribution in [0.5, 0.6) is 0 Å². The summed E-state index contributed by atoms with van der Waals surface area (Å²) < 4.78 is 9.98. The molecule has 1 aromatic heterocycles. The highest BCUT2D eigenvalue weighted by molar-refractivity contribution is 7.15. The van der Waals surface area contributed by atoms with Gasteiger partial charge in [0.2, 0.25) is 0 Å². The summed E-state index contributed by atoms with van der Waals surface area (Å²) in [5, 5.41) is 4.00. The molecule has 0 aliphatic rings. The van der Waals surface area contributed by atoms with Crippen LogP contribution in [-0.4, -0.2) is 37.8 Å². The number of amides is 1. The van der Waals surface area contributed by atoms with Gasteiger partial charge in [-0.15, -0.1) is 11.3 Å². The fourth-order valence-electron chi connectivity index (χ4n) is 1.74. The van der Waals surface area contributed by atoms with Gasteiger partial charge in [-0.2, -0.15) is 0 Å². The molecule has 0 fully saturated rings. The number of benzene rings is 1. The zero-order chi connectivity index (χ0) is 15.8. The molecule has 2 aromatic rings. The van der Waals surface area contributed by atoms with E-state index in [4.69, 9.17) is 21.1 Å². The first-order valence-electron chi connectivity index (χ1n) is 6.73. The molecule has 1 N–H and O–H groups in total. The van der Waals surface area contributed by atoms with Crippen molar-refractivity contribution in [1.29, 1.82) is 0 Å². The minimum atomic E-state index is -0.227. The largest absolute Gasteiger partial charge is 0.382 e. The zero-order valence-electron chi connectivity index (χ0n) is 12.2. The Labute approximate surface area is 138 Å². The molecule has 2 rings (SSSR count). The number of hydrogen-bond donors (Lipinski definition) is 1. The van der Waals surface area contributed by atoms with E-state index < -0.39 is 0 Å². The lowest BCUT2D eigenvalue weighted by atomic mass is 10.1. The van der Waals surface area contributed by atoms with Crippen LogP contribution >= 0.6 is 22.9 Å². The van der Waals surface area contributed by atoms with Crippen LogP contribution in [0.25, 0.3) is 0 Å². The summed E-state index contributed by atoms with van der Waals surface area (Å²) in [5.74, 6) is -0.227. The molecule has 0 radical (unpaired) electrons. The standard InChI is InChI=1S/C15H17ClN2O3S/c1-20-6-7-21-10-14(19)18-15-17-9-12(22-15)8-11-4-2-3-5-13(11)16/h2-5,9H,6-8,10H2,1H3,(H,17,18,19). The molecule has 118 valence electrons. The predicted molar refractivity (Wildman–Crippen MR) is 87.7 cm³/mol. The number of halogens is 1. The van der Waals surface area contributed by atoms with Crippen LogP contribution in [0.3, 0.4) is 0 Å². The van der Waals surface area contributed by atoms with E-state index in [9.17, 15) is 4.79 Å². The Morgan fingerprint density at radius 3 is 2.95 bits per heavy atom. The van der Waals surface area contributed by atoms with Gasteiger partial charge in [0.15, 0.2) is 5.13 Å². The number of thiazole rings is 1. The number of aromatic nitrogens is 1. The molecule has 1 aromatic carbocycles. The van der Waals surface area contributed by atoms with E-state index in [-0.39, 0.29) is 12.5 Å². The summed E-state index contributed by atoms with van der Waals surface area (Å²) >= 11 is 7.56. The summed E-state index contributed by atoms with van der Waals surface area (Å²) in [5.41, 5.74) is 1.04. The van der Waals surface area contributed by atoms with Crippen LogP contribution in [0.1, 0.15) is 10.4 Å². The van der Waals surface area contributed by atoms with Crippen molar-refractivity contribution < 1.29 is 14.3 Å². The molecule has 22 heavy (non-hydrogen) atoms. The Bertz CT molecular complexity index is 618. The van der Waals surface area contributed by atoms with Crippen LogP contribution < -0.4 is 5.32 Å². The Kier molecular flexibility index (Phi) is 6.79. The van der Waals surface area contributed by atoms with Gasteiger partial charge in [-0.3, -0.25) is 10.1 Å². The second-order valence-electron chi connectivity index (χ2n) is 4.49. The SMILES string of the molecule is COCCOCC(=O)Nc1ncc(Cc2ccccc2Cl)s1. The lowest BCUT2D eigenvalue weighted by molar-refractivity contribution is -0.121. The van der Waals surface area contributed by atoms with E-state index in [1.54, 1.807) is 13.3 Å². The molecule has 1 heterocycles. The van der Waals surface area contributed by atoms with Crippen molar-refractivity contribution in [2.24, 2.45) is 0 Å². The van der Waals surface area contributed by atoms with Gasteiger partial charge in [0, 0.05) is 29.6 Å². The molecular formula is C15H17ClN2O3S. The van der Waals surface area contributed by atoms with Gasteiger partial charge in [-0.1, -0.05) is 29.8 Å². The summed E-state index contributed by atoms with van der Waals surface area (Å²) in [4.78, 5) is 16.9. The van der Waals surface area contributed by atoms with Gasteiger partial charge in [-0.25, -0.2) is 4.98 Å². The third-order valence-corrected chi connectivity index (χ3v) is 4.07. The molecule has 7 heteroatoms. The molecule has 0 atom stereocenters. The highest BCUT2D eigenvalue weighted by Crippen LogP contribution is 2.24. The number of hydrogen-bond acceptors (Lipinski definition) is 5. The van der Waals surface area contributed by atoms with Crippen molar-refractivity contribution in [3.8, 4) is 0 Å². The van der Waals surface area contributed by atoms with Crippen LogP contribution in [0, 0.1) is 0 Å². The number of anilines is 1. The third-order valence-electron chi connectivity index (χ3n) is 2.79. The van der Waals surface area contributed by atoms with E-state index >= 15 is 0 Å². The average Bonchev–Trinajstić information content (AvgIpc) is 2.93. The number of rotatable bonds is 8. The number of methoxy groups -OCH3 is 1. The first-order chi connectivity index (χ1) is 10.7. The van der Waals surface area contributed by atoms with Crippen LogP contribution in [-0.2, 0) is 20.7 Å². The topological polar surface area (TPSA) is 60.5 Å². The average molecular weight is 341 g/mol. The van der Waals surface area contributed by atoms with Crippen molar-refractivity contribution in [2.45, 2.75) is 6.42 Å². The summed E-state index contributed by atoms with van der Waals surface area (Å²) in [6.45, 7) is 0.842. The predicted octanol–water partition coefficient (Wildman–Crippen LogP) is 2.99. The maximum Gasteiger partial charge on any atom is 0.252 e. The third kappa shape index (κ3) is 5.38. The number of ether oxygens (including phenoxy) is 2. The van der Waals surface area contributed by atoms with Crippen molar-refractivity contribution in [1.82, 2.24) is 4.98 Å². The van der Waals surface area contributed by atoms with Gasteiger partial charge >= 0.3 is 0 Å². The highest BCUT2D eigenvalue weighted by atomic mass is 35.5.